The Morgan fingerprint density at radius 2 is 1.42 bits per heavy atom. The van der Waals surface area contributed by atoms with Crippen LogP contribution in [0.3, 0.4) is 0 Å². The van der Waals surface area contributed by atoms with Gasteiger partial charge in [-0.25, -0.2) is 13.2 Å². The quantitative estimate of drug-likeness (QED) is 0.497. The lowest BCUT2D eigenvalue weighted by Gasteiger charge is -2.15. The van der Waals surface area contributed by atoms with Gasteiger partial charge in [0, 0.05) is 20.2 Å². The number of imidazole rings is 1. The average molecular weight is 439 g/mol. The minimum atomic E-state index is -3.87. The van der Waals surface area contributed by atoms with Crippen LogP contribution in [0.15, 0.2) is 76.4 Å². The molecular weight excluding hydrogens is 418 g/mol. The van der Waals surface area contributed by atoms with Crippen molar-refractivity contribution in [3.05, 3.63) is 77.2 Å². The third-order valence-corrected chi connectivity index (χ3v) is 6.34. The molecule has 0 aliphatic heterocycles. The first kappa shape index (κ1) is 20.5. The molecule has 8 nitrogen and oxygen atoms in total. The third-order valence-electron chi connectivity index (χ3n) is 4.96. The van der Waals surface area contributed by atoms with Crippen molar-refractivity contribution in [1.82, 2.24) is 9.13 Å². The van der Waals surface area contributed by atoms with Crippen molar-refractivity contribution >= 4 is 26.7 Å². The predicted molar refractivity (Wildman–Crippen MR) is 118 cm³/mol. The smallest absolute Gasteiger partial charge is 0.328 e. The molecule has 0 radical (unpaired) electrons. The topological polar surface area (TPSA) is 91.6 Å². The fraction of sp³-hybridized carbons (Fsp3) is 0.136. The summed E-state index contributed by atoms with van der Waals surface area (Å²) in [6, 6.07) is 18.2. The van der Waals surface area contributed by atoms with Gasteiger partial charge in [0.05, 0.1) is 28.7 Å². The van der Waals surface area contributed by atoms with Crippen molar-refractivity contribution in [2.45, 2.75) is 4.90 Å². The summed E-state index contributed by atoms with van der Waals surface area (Å²) in [6.07, 6.45) is 0. The van der Waals surface area contributed by atoms with E-state index >= 15 is 0 Å². The number of benzene rings is 3. The molecule has 0 aliphatic carbocycles. The zero-order valence-electron chi connectivity index (χ0n) is 17.2. The number of nitrogens with zero attached hydrogens (tertiary/aromatic N) is 2. The van der Waals surface area contributed by atoms with Crippen molar-refractivity contribution in [1.29, 1.82) is 0 Å². The minimum absolute atomic E-state index is 0.118. The van der Waals surface area contributed by atoms with Crippen LogP contribution in [0.5, 0.6) is 17.2 Å². The van der Waals surface area contributed by atoms with Gasteiger partial charge < -0.3 is 9.47 Å². The number of ether oxygens (including phenoxy) is 2. The van der Waals surface area contributed by atoms with Crippen LogP contribution in [0.1, 0.15) is 0 Å². The van der Waals surface area contributed by atoms with Crippen molar-refractivity contribution in [3.63, 3.8) is 0 Å². The Kier molecular flexibility index (Phi) is 5.20. The van der Waals surface area contributed by atoms with Crippen LogP contribution >= 0.6 is 0 Å². The zero-order chi connectivity index (χ0) is 22.2. The summed E-state index contributed by atoms with van der Waals surface area (Å²) in [5, 5.41) is 0. The number of rotatable bonds is 6. The maximum Gasteiger partial charge on any atom is 0.328 e. The second kappa shape index (κ2) is 7.84. The Morgan fingerprint density at radius 1 is 0.839 bits per heavy atom. The molecule has 3 aromatic carbocycles. The summed E-state index contributed by atoms with van der Waals surface area (Å²) in [5.41, 5.74) is 1.17. The van der Waals surface area contributed by atoms with Gasteiger partial charge in [0.15, 0.2) is 5.75 Å². The Bertz CT molecular complexity index is 1410. The van der Waals surface area contributed by atoms with E-state index in [-0.39, 0.29) is 22.0 Å². The molecule has 4 aromatic rings. The second-order valence-corrected chi connectivity index (χ2v) is 8.62. The maximum absolute atomic E-state index is 12.9. The summed E-state index contributed by atoms with van der Waals surface area (Å²) in [6.45, 7) is 0. The Morgan fingerprint density at radius 3 is 2.03 bits per heavy atom. The molecular formula is C22H21N3O5S. The number of sulfonamides is 1. The van der Waals surface area contributed by atoms with Gasteiger partial charge in [-0.05, 0) is 42.5 Å². The van der Waals surface area contributed by atoms with E-state index in [0.29, 0.717) is 22.5 Å². The van der Waals surface area contributed by atoms with Crippen LogP contribution in [0.25, 0.3) is 11.0 Å². The average Bonchev–Trinajstić information content (AvgIpc) is 2.98. The lowest BCUT2D eigenvalue weighted by atomic mass is 10.2. The fourth-order valence-electron chi connectivity index (χ4n) is 3.26. The molecule has 160 valence electrons. The summed E-state index contributed by atoms with van der Waals surface area (Å²) >= 11 is 0. The molecule has 0 atom stereocenters. The first-order valence-corrected chi connectivity index (χ1v) is 10.9. The maximum atomic E-state index is 12.9. The predicted octanol–water partition coefficient (Wildman–Crippen LogP) is 3.48. The number of hydrogen-bond acceptors (Lipinski definition) is 5. The number of nitrogens with one attached hydrogen (secondary N) is 1. The van der Waals surface area contributed by atoms with E-state index in [1.54, 1.807) is 75.8 Å². The van der Waals surface area contributed by atoms with Gasteiger partial charge in [-0.3, -0.25) is 13.9 Å². The number of aromatic nitrogens is 2. The van der Waals surface area contributed by atoms with Gasteiger partial charge in [0.25, 0.3) is 10.0 Å². The molecule has 0 spiro atoms. The Balaban J connectivity index is 1.84. The number of methoxy groups -OCH3 is 1. The number of fused-ring (bicyclic) bond motifs is 1. The van der Waals surface area contributed by atoms with Crippen LogP contribution in [-0.4, -0.2) is 24.7 Å². The molecule has 0 amide bonds. The minimum Gasteiger partial charge on any atom is -0.497 e. The van der Waals surface area contributed by atoms with Crippen LogP contribution in [-0.2, 0) is 24.1 Å². The number of hydrogen-bond donors (Lipinski definition) is 1. The number of anilines is 1. The van der Waals surface area contributed by atoms with E-state index in [0.717, 1.165) is 0 Å². The highest BCUT2D eigenvalue weighted by atomic mass is 32.2. The lowest BCUT2D eigenvalue weighted by Crippen LogP contribution is -2.19. The summed E-state index contributed by atoms with van der Waals surface area (Å²) < 4.78 is 42.5. The SMILES string of the molecule is COc1ccc(Oc2cc3c(cc2NS(=O)(=O)c2ccccc2)n(C)c(=O)n3C)cc1. The molecule has 0 unspecified atom stereocenters. The number of aryl methyl sites for hydroxylation is 2. The van der Waals surface area contributed by atoms with Crippen LogP contribution in [0.4, 0.5) is 5.69 Å². The third kappa shape index (κ3) is 3.87. The summed E-state index contributed by atoms with van der Waals surface area (Å²) in [5.74, 6) is 1.41. The standard InChI is InChI=1S/C22H21N3O5S/c1-24-19-13-18(23-31(27,28)17-7-5-4-6-8-17)21(14-20(19)25(2)22(24)26)30-16-11-9-15(29-3)10-12-16/h4-14,23H,1-3H3. The zero-order valence-corrected chi connectivity index (χ0v) is 18.0. The molecule has 0 saturated carbocycles. The van der Waals surface area contributed by atoms with Gasteiger partial charge >= 0.3 is 5.69 Å². The Labute approximate surface area is 179 Å². The fourth-order valence-corrected chi connectivity index (χ4v) is 4.35. The van der Waals surface area contributed by atoms with Gasteiger partial charge in [-0.1, -0.05) is 18.2 Å². The molecule has 0 fully saturated rings. The first-order chi connectivity index (χ1) is 14.8. The highest BCUT2D eigenvalue weighted by Crippen LogP contribution is 2.35. The molecule has 0 aliphatic rings. The van der Waals surface area contributed by atoms with E-state index in [4.69, 9.17) is 9.47 Å². The molecule has 0 bridgehead atoms. The second-order valence-electron chi connectivity index (χ2n) is 6.93. The summed E-state index contributed by atoms with van der Waals surface area (Å²) in [7, 11) is 0.975. The Hall–Kier alpha value is -3.72. The largest absolute Gasteiger partial charge is 0.497 e. The van der Waals surface area contributed by atoms with E-state index in [1.807, 2.05) is 0 Å². The van der Waals surface area contributed by atoms with Crippen molar-refractivity contribution in [2.75, 3.05) is 11.8 Å². The van der Waals surface area contributed by atoms with E-state index in [9.17, 15) is 13.2 Å². The molecule has 4 rings (SSSR count). The first-order valence-electron chi connectivity index (χ1n) is 9.39. The monoisotopic (exact) mass is 439 g/mol. The van der Waals surface area contributed by atoms with Gasteiger partial charge in [0.1, 0.15) is 11.5 Å². The highest BCUT2D eigenvalue weighted by molar-refractivity contribution is 7.92. The molecule has 31 heavy (non-hydrogen) atoms. The van der Waals surface area contributed by atoms with Crippen LogP contribution < -0.4 is 19.9 Å². The van der Waals surface area contributed by atoms with Gasteiger partial charge in [0.2, 0.25) is 0 Å². The molecule has 1 aromatic heterocycles. The molecule has 9 heteroatoms. The van der Waals surface area contributed by atoms with Gasteiger partial charge in [-0.15, -0.1) is 0 Å². The highest BCUT2D eigenvalue weighted by Gasteiger charge is 2.20. The van der Waals surface area contributed by atoms with Crippen molar-refractivity contribution in [2.24, 2.45) is 14.1 Å². The van der Waals surface area contributed by atoms with Crippen LogP contribution in [0.2, 0.25) is 0 Å². The van der Waals surface area contributed by atoms with E-state index in [2.05, 4.69) is 4.72 Å². The molecule has 1 N–H and O–H groups in total. The lowest BCUT2D eigenvalue weighted by molar-refractivity contribution is 0.413. The van der Waals surface area contributed by atoms with Crippen molar-refractivity contribution < 1.29 is 17.9 Å². The van der Waals surface area contributed by atoms with Crippen LogP contribution in [0, 0.1) is 0 Å². The molecule has 0 saturated heterocycles. The van der Waals surface area contributed by atoms with Gasteiger partial charge in [-0.2, -0.15) is 0 Å². The van der Waals surface area contributed by atoms with E-state index < -0.39 is 10.0 Å². The summed E-state index contributed by atoms with van der Waals surface area (Å²) in [4.78, 5) is 12.5. The molecule has 1 heterocycles. The normalized spacial score (nSPS) is 11.5. The van der Waals surface area contributed by atoms with Crippen molar-refractivity contribution in [3.8, 4) is 17.2 Å². The van der Waals surface area contributed by atoms with E-state index in [1.165, 1.54) is 21.3 Å².